The monoisotopic (exact) mass is 342 g/mol. The van der Waals surface area contributed by atoms with Crippen LogP contribution in [0.4, 0.5) is 5.69 Å². The van der Waals surface area contributed by atoms with Gasteiger partial charge in [0.2, 0.25) is 0 Å². The highest BCUT2D eigenvalue weighted by atomic mass is 16.5. The Bertz CT molecular complexity index is 702. The molecule has 4 heterocycles. The van der Waals surface area contributed by atoms with Gasteiger partial charge in [0.25, 0.3) is 0 Å². The summed E-state index contributed by atoms with van der Waals surface area (Å²) in [4.78, 5) is 2.38. The molecule has 0 aromatic heterocycles. The van der Waals surface area contributed by atoms with Crippen molar-refractivity contribution in [2.24, 2.45) is 11.8 Å². The molecule has 5 nitrogen and oxygen atoms in total. The molecule has 25 heavy (non-hydrogen) atoms. The molecule has 6 atom stereocenters. The Labute approximate surface area is 148 Å². The fraction of sp³-hybridized carbons (Fsp3) is 0.500. The van der Waals surface area contributed by atoms with E-state index < -0.39 is 12.3 Å². The quantitative estimate of drug-likeness (QED) is 0.731. The normalized spacial score (nSPS) is 34.5. The molecule has 4 aliphatic rings. The number of fused-ring (bicyclic) bond motifs is 4. The van der Waals surface area contributed by atoms with Crippen LogP contribution in [0.2, 0.25) is 0 Å². The molecule has 3 saturated heterocycles. The number of methoxy groups -OCH3 is 1. The van der Waals surface area contributed by atoms with Gasteiger partial charge in [-0.15, -0.1) is 6.58 Å². The van der Waals surface area contributed by atoms with E-state index in [1.54, 1.807) is 13.2 Å². The fourth-order valence-electron chi connectivity index (χ4n) is 4.65. The van der Waals surface area contributed by atoms with Crippen molar-refractivity contribution in [3.8, 4) is 5.75 Å². The maximum atomic E-state index is 11.2. The van der Waals surface area contributed by atoms with E-state index in [1.165, 1.54) is 6.42 Å². The molecule has 3 unspecified atom stereocenters. The Morgan fingerprint density at radius 2 is 2.28 bits per heavy atom. The van der Waals surface area contributed by atoms with Crippen molar-refractivity contribution >= 4 is 11.3 Å². The predicted molar refractivity (Wildman–Crippen MR) is 98.4 cm³/mol. The Kier molecular flexibility index (Phi) is 4.31. The molecular formula is C20H26N2O3. The van der Waals surface area contributed by atoms with E-state index in [9.17, 15) is 10.2 Å². The summed E-state index contributed by atoms with van der Waals surface area (Å²) in [5, 5.41) is 24.4. The van der Waals surface area contributed by atoms with Crippen molar-refractivity contribution in [1.29, 1.82) is 0 Å². The van der Waals surface area contributed by atoms with Gasteiger partial charge in [-0.1, -0.05) is 6.08 Å². The molecule has 3 fully saturated rings. The van der Waals surface area contributed by atoms with E-state index in [0.29, 0.717) is 11.8 Å². The minimum atomic E-state index is -0.790. The number of anilines is 1. The number of aliphatic hydroxyl groups is 2. The summed E-state index contributed by atoms with van der Waals surface area (Å²) in [6.07, 6.45) is 4.51. The minimum absolute atomic E-state index is 0.0885. The summed E-state index contributed by atoms with van der Waals surface area (Å²) in [6.45, 7) is 5.96. The van der Waals surface area contributed by atoms with Crippen LogP contribution >= 0.6 is 0 Å². The van der Waals surface area contributed by atoms with Gasteiger partial charge in [0.05, 0.1) is 13.2 Å². The number of piperidine rings is 3. The van der Waals surface area contributed by atoms with Gasteiger partial charge in [-0.25, -0.2) is 0 Å². The van der Waals surface area contributed by atoms with Crippen LogP contribution in [-0.2, 0) is 0 Å². The van der Waals surface area contributed by atoms with Gasteiger partial charge < -0.3 is 20.3 Å². The standard InChI is InChI=1S/C20H26N2O3/c1-3-12-11-22-7-6-13(12)8-18(22)20(24)16-10-19(23)21-17-5-4-14(25-2)9-15(16)17/h3-5,9-10,12-13,18-21,23-24H,1,6-8,11H2,2H3/t12-,13?,18-,19?,20+/m0/s1. The lowest BCUT2D eigenvalue weighted by Crippen LogP contribution is -2.57. The SMILES string of the molecule is C=C[C@H]1CN2CCC1C[C@H]2[C@H](O)C1=CC(O)Nc2ccc(OC)cc21. The largest absolute Gasteiger partial charge is 0.497 e. The van der Waals surface area contributed by atoms with Crippen LogP contribution < -0.4 is 10.1 Å². The van der Waals surface area contributed by atoms with Crippen LogP contribution in [0.25, 0.3) is 5.57 Å². The molecule has 2 bridgehead atoms. The molecule has 4 aliphatic heterocycles. The first-order valence-electron chi connectivity index (χ1n) is 9.00. The number of nitrogens with zero attached hydrogens (tertiary/aromatic N) is 1. The number of rotatable bonds is 4. The average Bonchev–Trinajstić information content (AvgIpc) is 2.66. The zero-order chi connectivity index (χ0) is 17.6. The van der Waals surface area contributed by atoms with Crippen LogP contribution in [0.1, 0.15) is 18.4 Å². The lowest BCUT2D eigenvalue weighted by Gasteiger charge is -2.51. The molecule has 1 aromatic carbocycles. The van der Waals surface area contributed by atoms with E-state index in [2.05, 4.69) is 22.9 Å². The summed E-state index contributed by atoms with van der Waals surface area (Å²) in [5.41, 5.74) is 2.51. The molecular weight excluding hydrogens is 316 g/mol. The third kappa shape index (κ3) is 2.86. The molecule has 134 valence electrons. The van der Waals surface area contributed by atoms with Crippen LogP contribution in [-0.4, -0.2) is 53.7 Å². The second kappa shape index (κ2) is 6.48. The van der Waals surface area contributed by atoms with Gasteiger partial charge >= 0.3 is 0 Å². The van der Waals surface area contributed by atoms with Crippen molar-refractivity contribution in [1.82, 2.24) is 4.90 Å². The number of hydrogen-bond donors (Lipinski definition) is 3. The van der Waals surface area contributed by atoms with Crippen LogP contribution in [0, 0.1) is 11.8 Å². The third-order valence-corrected chi connectivity index (χ3v) is 6.02. The highest BCUT2D eigenvalue weighted by Crippen LogP contribution is 2.42. The summed E-state index contributed by atoms with van der Waals surface area (Å²) in [6, 6.07) is 5.75. The van der Waals surface area contributed by atoms with Crippen molar-refractivity contribution in [2.75, 3.05) is 25.5 Å². The smallest absolute Gasteiger partial charge is 0.144 e. The Morgan fingerprint density at radius 3 is 2.96 bits per heavy atom. The van der Waals surface area contributed by atoms with E-state index in [0.717, 1.165) is 42.1 Å². The highest BCUT2D eigenvalue weighted by Gasteiger charge is 2.43. The predicted octanol–water partition coefficient (Wildman–Crippen LogP) is 2.08. The van der Waals surface area contributed by atoms with Crippen LogP contribution in [0.5, 0.6) is 5.75 Å². The molecule has 5 rings (SSSR count). The van der Waals surface area contributed by atoms with Gasteiger partial charge in [0.1, 0.15) is 12.0 Å². The lowest BCUT2D eigenvalue weighted by atomic mass is 9.73. The lowest BCUT2D eigenvalue weighted by molar-refractivity contribution is -0.0256. The molecule has 0 amide bonds. The summed E-state index contributed by atoms with van der Waals surface area (Å²) in [5.74, 6) is 1.86. The van der Waals surface area contributed by atoms with Crippen molar-refractivity contribution in [3.05, 3.63) is 42.5 Å². The first-order chi connectivity index (χ1) is 12.1. The first-order valence-corrected chi connectivity index (χ1v) is 9.00. The molecule has 0 radical (unpaired) electrons. The minimum Gasteiger partial charge on any atom is -0.497 e. The topological polar surface area (TPSA) is 65.0 Å². The second-order valence-corrected chi connectivity index (χ2v) is 7.31. The Balaban J connectivity index is 1.64. The van der Waals surface area contributed by atoms with Crippen LogP contribution in [0.15, 0.2) is 36.9 Å². The van der Waals surface area contributed by atoms with Crippen molar-refractivity contribution in [3.63, 3.8) is 0 Å². The fourth-order valence-corrected chi connectivity index (χ4v) is 4.65. The maximum absolute atomic E-state index is 11.2. The van der Waals surface area contributed by atoms with Crippen LogP contribution in [0.3, 0.4) is 0 Å². The number of aliphatic hydroxyl groups excluding tert-OH is 2. The molecule has 3 N–H and O–H groups in total. The summed E-state index contributed by atoms with van der Waals surface area (Å²) < 4.78 is 5.34. The number of nitrogens with one attached hydrogen (secondary N) is 1. The molecule has 0 saturated carbocycles. The zero-order valence-corrected chi connectivity index (χ0v) is 14.6. The Hall–Kier alpha value is -1.82. The van der Waals surface area contributed by atoms with Crippen molar-refractivity contribution in [2.45, 2.75) is 31.2 Å². The van der Waals surface area contributed by atoms with Gasteiger partial charge in [-0.2, -0.15) is 0 Å². The van der Waals surface area contributed by atoms with E-state index in [-0.39, 0.29) is 6.04 Å². The third-order valence-electron chi connectivity index (χ3n) is 6.02. The molecule has 0 aliphatic carbocycles. The second-order valence-electron chi connectivity index (χ2n) is 7.31. The first kappa shape index (κ1) is 16.6. The number of hydrogen-bond acceptors (Lipinski definition) is 5. The van der Waals surface area contributed by atoms with Gasteiger partial charge in [-0.3, -0.25) is 4.90 Å². The highest BCUT2D eigenvalue weighted by molar-refractivity contribution is 5.83. The summed E-state index contributed by atoms with van der Waals surface area (Å²) in [7, 11) is 1.63. The average molecular weight is 342 g/mol. The van der Waals surface area contributed by atoms with E-state index in [1.807, 2.05) is 18.2 Å². The number of ether oxygens (including phenoxy) is 1. The zero-order valence-electron chi connectivity index (χ0n) is 14.6. The van der Waals surface area contributed by atoms with E-state index >= 15 is 0 Å². The molecule has 5 heteroatoms. The van der Waals surface area contributed by atoms with Crippen molar-refractivity contribution < 1.29 is 14.9 Å². The molecule has 1 aromatic rings. The maximum Gasteiger partial charge on any atom is 0.144 e. The summed E-state index contributed by atoms with van der Waals surface area (Å²) >= 11 is 0. The van der Waals surface area contributed by atoms with E-state index in [4.69, 9.17) is 4.74 Å². The van der Waals surface area contributed by atoms with Gasteiger partial charge in [0, 0.05) is 23.8 Å². The molecule has 0 spiro atoms. The Morgan fingerprint density at radius 1 is 1.44 bits per heavy atom. The van der Waals surface area contributed by atoms with Gasteiger partial charge in [0.15, 0.2) is 0 Å². The van der Waals surface area contributed by atoms with Gasteiger partial charge in [-0.05, 0) is 61.1 Å². The number of benzene rings is 1.